The second-order valence-electron chi connectivity index (χ2n) is 12.8. The lowest BCUT2D eigenvalue weighted by atomic mass is 10.00. The molecule has 0 bridgehead atoms. The molecule has 9 nitrogen and oxygen atoms in total. The predicted octanol–water partition coefficient (Wildman–Crippen LogP) is 5.31. The number of carbonyl (C=O) groups excluding carboxylic acids is 2. The number of rotatable bonds is 6. The summed E-state index contributed by atoms with van der Waals surface area (Å²) in [5, 5.41) is 2.93. The molecule has 9 heteroatoms. The number of hydrogen-bond donors (Lipinski definition) is 1. The predicted molar refractivity (Wildman–Crippen MR) is 159 cm³/mol. The first-order valence-electron chi connectivity index (χ1n) is 14.8. The fourth-order valence-corrected chi connectivity index (χ4v) is 5.92. The van der Waals surface area contributed by atoms with Crippen molar-refractivity contribution in [1.82, 2.24) is 19.8 Å². The van der Waals surface area contributed by atoms with Crippen molar-refractivity contribution < 1.29 is 19.1 Å². The molecule has 6 rings (SSSR count). The van der Waals surface area contributed by atoms with E-state index in [4.69, 9.17) is 14.5 Å². The zero-order chi connectivity index (χ0) is 28.9. The van der Waals surface area contributed by atoms with Gasteiger partial charge < -0.3 is 29.2 Å². The summed E-state index contributed by atoms with van der Waals surface area (Å²) < 4.78 is 14.4. The van der Waals surface area contributed by atoms with Crippen LogP contribution in [0, 0.1) is 12.8 Å². The van der Waals surface area contributed by atoms with Gasteiger partial charge in [-0.1, -0.05) is 6.07 Å². The van der Waals surface area contributed by atoms with Gasteiger partial charge in [0.1, 0.15) is 23.0 Å². The van der Waals surface area contributed by atoms with E-state index in [1.54, 1.807) is 4.90 Å². The van der Waals surface area contributed by atoms with Gasteiger partial charge >= 0.3 is 6.09 Å². The number of nitrogens with zero attached hydrogens (tertiary/aromatic N) is 4. The van der Waals surface area contributed by atoms with E-state index < -0.39 is 5.60 Å². The highest BCUT2D eigenvalue weighted by Gasteiger charge is 2.31. The highest BCUT2D eigenvalue weighted by molar-refractivity contribution is 5.88. The van der Waals surface area contributed by atoms with Gasteiger partial charge in [-0.15, -0.1) is 0 Å². The molecule has 1 saturated carbocycles. The molecule has 2 saturated heterocycles. The first kappa shape index (κ1) is 27.4. The zero-order valence-electron chi connectivity index (χ0n) is 24.8. The van der Waals surface area contributed by atoms with Crippen LogP contribution in [0.25, 0.3) is 22.2 Å². The normalized spacial score (nSPS) is 20.3. The van der Waals surface area contributed by atoms with Gasteiger partial charge in [-0.25, -0.2) is 9.78 Å². The van der Waals surface area contributed by atoms with E-state index >= 15 is 0 Å². The minimum Gasteiger partial charge on any atom is -0.488 e. The fraction of sp³-hybridized carbons (Fsp3) is 0.531. The van der Waals surface area contributed by atoms with E-state index in [0.29, 0.717) is 32.1 Å². The molecule has 41 heavy (non-hydrogen) atoms. The number of nitrogens with one attached hydrogen (secondary N) is 1. The average molecular weight is 560 g/mol. The minimum atomic E-state index is -0.491. The summed E-state index contributed by atoms with van der Waals surface area (Å²) >= 11 is 0. The smallest absolute Gasteiger partial charge is 0.410 e. The Morgan fingerprint density at radius 2 is 1.83 bits per heavy atom. The average Bonchev–Trinajstić information content (AvgIpc) is 3.52. The van der Waals surface area contributed by atoms with Crippen LogP contribution >= 0.6 is 0 Å². The van der Waals surface area contributed by atoms with Crippen molar-refractivity contribution in [2.24, 2.45) is 5.92 Å². The van der Waals surface area contributed by atoms with E-state index in [9.17, 15) is 9.59 Å². The molecule has 3 fully saturated rings. The molecule has 0 unspecified atom stereocenters. The minimum absolute atomic E-state index is 0.0918. The monoisotopic (exact) mass is 559 g/mol. The third kappa shape index (κ3) is 5.85. The van der Waals surface area contributed by atoms with Crippen LogP contribution in [0.15, 0.2) is 36.7 Å². The number of ether oxygens (including phenoxy) is 2. The number of fused-ring (bicyclic) bond motifs is 1. The number of piperazine rings is 1. The van der Waals surface area contributed by atoms with E-state index in [1.165, 1.54) is 11.3 Å². The van der Waals surface area contributed by atoms with Gasteiger partial charge in [0, 0.05) is 56.8 Å². The quantitative estimate of drug-likeness (QED) is 0.441. The molecule has 3 heterocycles. The molecular weight excluding hydrogens is 518 g/mol. The summed E-state index contributed by atoms with van der Waals surface area (Å²) in [5.74, 6) is 1.07. The molecule has 1 N–H and O–H groups in total. The van der Waals surface area contributed by atoms with Gasteiger partial charge in [0.05, 0.1) is 11.8 Å². The van der Waals surface area contributed by atoms with Crippen LogP contribution in [-0.2, 0) is 9.53 Å². The van der Waals surface area contributed by atoms with Crippen molar-refractivity contribution in [2.75, 3.05) is 37.6 Å². The van der Waals surface area contributed by atoms with Crippen molar-refractivity contribution >= 4 is 28.7 Å². The second kappa shape index (κ2) is 10.6. The Kier molecular flexibility index (Phi) is 7.08. The van der Waals surface area contributed by atoms with Crippen molar-refractivity contribution in [3.63, 3.8) is 0 Å². The Balaban J connectivity index is 1.23. The Labute approximate surface area is 241 Å². The third-order valence-electron chi connectivity index (χ3n) is 8.36. The molecule has 1 aromatic heterocycles. The Bertz CT molecular complexity index is 1460. The van der Waals surface area contributed by atoms with E-state index in [-0.39, 0.29) is 24.0 Å². The van der Waals surface area contributed by atoms with E-state index in [1.807, 2.05) is 27.1 Å². The van der Waals surface area contributed by atoms with Crippen molar-refractivity contribution in [1.29, 1.82) is 0 Å². The summed E-state index contributed by atoms with van der Waals surface area (Å²) in [5.41, 5.74) is 6.01. The number of anilines is 1. The van der Waals surface area contributed by atoms with Gasteiger partial charge in [0.2, 0.25) is 5.91 Å². The number of amides is 2. The molecule has 0 radical (unpaired) electrons. The standard InChI is InChI=1S/C32H41N5O4/c1-20-14-22(6-9-27(20)35-10-12-36(13-11-35)31(39)41-32(3,4)5)23-15-26-30(37(19-34-26)25-7-8-25)28(16-23)40-21(2)24-17-29(38)33-18-24/h6,9,14-16,19,21,24-25H,7-8,10-13,17-18H2,1-5H3,(H,33,38)/t21-,24-/m1/s1. The topological polar surface area (TPSA) is 88.9 Å². The first-order chi connectivity index (χ1) is 19.6. The SMILES string of the molecule is Cc1cc(-c2cc(O[C@H](C)[C@H]3CNC(=O)C3)c3c(c2)ncn3C2CC2)ccc1N1CCN(C(=O)OC(C)(C)C)CC1. The molecule has 2 aliphatic heterocycles. The van der Waals surface area contributed by atoms with E-state index in [0.717, 1.165) is 53.8 Å². The highest BCUT2D eigenvalue weighted by Crippen LogP contribution is 2.42. The highest BCUT2D eigenvalue weighted by atomic mass is 16.6. The number of carbonyl (C=O) groups is 2. The van der Waals surface area contributed by atoms with Gasteiger partial charge in [-0.2, -0.15) is 0 Å². The van der Waals surface area contributed by atoms with Crippen molar-refractivity contribution in [3.8, 4) is 16.9 Å². The van der Waals surface area contributed by atoms with Crippen molar-refractivity contribution in [2.45, 2.75) is 71.6 Å². The molecule has 2 amide bonds. The fourth-order valence-electron chi connectivity index (χ4n) is 5.92. The molecule has 1 aliphatic carbocycles. The number of benzene rings is 2. The lowest BCUT2D eigenvalue weighted by Gasteiger charge is -2.37. The lowest BCUT2D eigenvalue weighted by Crippen LogP contribution is -2.50. The third-order valence-corrected chi connectivity index (χ3v) is 8.36. The lowest BCUT2D eigenvalue weighted by molar-refractivity contribution is -0.119. The maximum absolute atomic E-state index is 12.5. The maximum atomic E-state index is 12.5. The molecule has 0 spiro atoms. The van der Waals surface area contributed by atoms with Crippen LogP contribution < -0.4 is 15.0 Å². The van der Waals surface area contributed by atoms with Crippen LogP contribution in [0.1, 0.15) is 58.6 Å². The summed E-state index contributed by atoms with van der Waals surface area (Å²) in [4.78, 5) is 33.2. The van der Waals surface area contributed by atoms with Crippen molar-refractivity contribution in [3.05, 3.63) is 42.2 Å². The molecule has 2 atom stereocenters. The Hall–Kier alpha value is -3.75. The molecule has 2 aromatic carbocycles. The summed E-state index contributed by atoms with van der Waals surface area (Å²) in [6, 6.07) is 11.3. The van der Waals surface area contributed by atoms with Gasteiger partial charge in [-0.05, 0) is 88.4 Å². The Morgan fingerprint density at radius 3 is 2.46 bits per heavy atom. The largest absolute Gasteiger partial charge is 0.488 e. The summed E-state index contributed by atoms with van der Waals surface area (Å²) in [6.07, 6.45) is 4.42. The number of imidazole rings is 1. The zero-order valence-corrected chi connectivity index (χ0v) is 24.8. The van der Waals surface area contributed by atoms with Gasteiger partial charge in [-0.3, -0.25) is 4.79 Å². The maximum Gasteiger partial charge on any atom is 0.410 e. The molecule has 218 valence electrons. The van der Waals surface area contributed by atoms with Crippen LogP contribution in [0.4, 0.5) is 10.5 Å². The molecular formula is C32H41N5O4. The number of hydrogen-bond acceptors (Lipinski definition) is 6. The van der Waals surface area contributed by atoms with Crippen LogP contribution in [0.5, 0.6) is 5.75 Å². The van der Waals surface area contributed by atoms with Crippen LogP contribution in [-0.4, -0.2) is 70.9 Å². The summed E-state index contributed by atoms with van der Waals surface area (Å²) in [6.45, 7) is 13.3. The van der Waals surface area contributed by atoms with E-state index in [2.05, 4.69) is 59.0 Å². The van der Waals surface area contributed by atoms with Crippen LogP contribution in [0.3, 0.4) is 0 Å². The van der Waals surface area contributed by atoms with Gasteiger partial charge in [0.25, 0.3) is 0 Å². The molecule has 3 aromatic rings. The van der Waals surface area contributed by atoms with Crippen LogP contribution in [0.2, 0.25) is 0 Å². The summed E-state index contributed by atoms with van der Waals surface area (Å²) in [7, 11) is 0. The second-order valence-corrected chi connectivity index (χ2v) is 12.8. The Morgan fingerprint density at radius 1 is 1.07 bits per heavy atom. The molecule has 3 aliphatic rings. The number of aryl methyl sites for hydroxylation is 1. The number of aromatic nitrogens is 2. The van der Waals surface area contributed by atoms with Gasteiger partial charge in [0.15, 0.2) is 0 Å². The first-order valence-corrected chi connectivity index (χ1v) is 14.8.